The van der Waals surface area contributed by atoms with Gasteiger partial charge < -0.3 is 14.5 Å². The predicted octanol–water partition coefficient (Wildman–Crippen LogP) is 1.91. The number of nitriles is 1. The summed E-state index contributed by atoms with van der Waals surface area (Å²) in [6, 6.07) is 7.77. The third-order valence-electron chi connectivity index (χ3n) is 2.71. The van der Waals surface area contributed by atoms with E-state index >= 15 is 0 Å². The van der Waals surface area contributed by atoms with Crippen molar-refractivity contribution >= 4 is 0 Å². The molecule has 90 valence electrons. The molecule has 0 saturated carbocycles. The number of ether oxygens (including phenoxy) is 2. The Bertz CT molecular complexity index is 613. The van der Waals surface area contributed by atoms with E-state index in [2.05, 4.69) is 16.0 Å². The van der Waals surface area contributed by atoms with Gasteiger partial charge in [-0.05, 0) is 18.2 Å². The molecule has 0 saturated heterocycles. The highest BCUT2D eigenvalue weighted by molar-refractivity contribution is 5.61. The number of aromatic amines is 1. The van der Waals surface area contributed by atoms with Crippen LogP contribution in [0.2, 0.25) is 0 Å². The van der Waals surface area contributed by atoms with Crippen molar-refractivity contribution in [3.63, 3.8) is 0 Å². The third-order valence-corrected chi connectivity index (χ3v) is 2.71. The van der Waals surface area contributed by atoms with Crippen molar-refractivity contribution in [3.05, 3.63) is 30.1 Å². The number of imidazole rings is 1. The van der Waals surface area contributed by atoms with Crippen LogP contribution >= 0.6 is 0 Å². The van der Waals surface area contributed by atoms with Gasteiger partial charge in [-0.3, -0.25) is 0 Å². The summed E-state index contributed by atoms with van der Waals surface area (Å²) in [5.41, 5.74) is 1.73. The number of H-pyrrole nitrogens is 1. The number of nitrogens with zero attached hydrogens (tertiary/aromatic N) is 2. The van der Waals surface area contributed by atoms with Gasteiger partial charge >= 0.3 is 0 Å². The van der Waals surface area contributed by atoms with Gasteiger partial charge in [0.2, 0.25) is 0 Å². The highest BCUT2D eigenvalue weighted by atomic mass is 16.6. The van der Waals surface area contributed by atoms with Gasteiger partial charge in [-0.1, -0.05) is 0 Å². The number of hydrogen-bond acceptors (Lipinski definition) is 4. The van der Waals surface area contributed by atoms with Crippen molar-refractivity contribution < 1.29 is 9.47 Å². The molecule has 0 radical (unpaired) electrons. The fraction of sp³-hybridized carbons (Fsp3) is 0.231. The number of benzene rings is 1. The van der Waals surface area contributed by atoms with E-state index in [1.54, 1.807) is 6.20 Å². The second kappa shape index (κ2) is 4.41. The largest absolute Gasteiger partial charge is 0.486 e. The van der Waals surface area contributed by atoms with Crippen LogP contribution < -0.4 is 9.47 Å². The lowest BCUT2D eigenvalue weighted by Crippen LogP contribution is -2.15. The maximum atomic E-state index is 8.62. The third kappa shape index (κ3) is 1.89. The molecule has 5 nitrogen and oxygen atoms in total. The molecule has 0 amide bonds. The maximum Gasteiger partial charge on any atom is 0.162 e. The van der Waals surface area contributed by atoms with Crippen LogP contribution in [0.1, 0.15) is 5.69 Å². The highest BCUT2D eigenvalue weighted by Gasteiger charge is 2.13. The average molecular weight is 241 g/mol. The lowest BCUT2D eigenvalue weighted by molar-refractivity contribution is 0.171. The number of hydrogen-bond donors (Lipinski definition) is 1. The van der Waals surface area contributed by atoms with Crippen molar-refractivity contribution in [1.82, 2.24) is 9.97 Å². The van der Waals surface area contributed by atoms with Crippen molar-refractivity contribution in [2.24, 2.45) is 0 Å². The van der Waals surface area contributed by atoms with E-state index < -0.39 is 0 Å². The van der Waals surface area contributed by atoms with Gasteiger partial charge in [-0.25, -0.2) is 4.98 Å². The highest BCUT2D eigenvalue weighted by Crippen LogP contribution is 2.33. The van der Waals surface area contributed by atoms with Crippen LogP contribution in [0.4, 0.5) is 0 Å². The minimum absolute atomic E-state index is 0.331. The molecular formula is C13H11N3O2. The summed E-state index contributed by atoms with van der Waals surface area (Å²) in [6.07, 6.45) is 2.01. The van der Waals surface area contributed by atoms with Crippen LogP contribution in [-0.4, -0.2) is 23.2 Å². The fourth-order valence-electron chi connectivity index (χ4n) is 1.87. The van der Waals surface area contributed by atoms with Gasteiger partial charge in [-0.2, -0.15) is 5.26 Å². The second-order valence-electron chi connectivity index (χ2n) is 3.95. The first-order chi connectivity index (χ1) is 8.86. The minimum atomic E-state index is 0.331. The van der Waals surface area contributed by atoms with E-state index in [-0.39, 0.29) is 0 Å². The lowest BCUT2D eigenvalue weighted by Gasteiger charge is -2.18. The summed E-state index contributed by atoms with van der Waals surface area (Å²) in [5.74, 6) is 2.23. The molecule has 1 aromatic heterocycles. The Kier molecular flexibility index (Phi) is 2.61. The smallest absolute Gasteiger partial charge is 0.162 e. The van der Waals surface area contributed by atoms with Crippen molar-refractivity contribution in [3.8, 4) is 29.0 Å². The summed E-state index contributed by atoms with van der Waals surface area (Å²) in [4.78, 5) is 7.36. The molecule has 0 unspecified atom stereocenters. The Morgan fingerprint density at radius 3 is 2.94 bits per heavy atom. The zero-order valence-electron chi connectivity index (χ0n) is 9.64. The van der Waals surface area contributed by atoms with Crippen LogP contribution in [-0.2, 0) is 6.42 Å². The SMILES string of the molecule is N#CCc1cnc(-c2ccc3c(c2)OCCO3)[nH]1. The first-order valence-electron chi connectivity index (χ1n) is 5.67. The first kappa shape index (κ1) is 10.7. The van der Waals surface area contributed by atoms with Crippen LogP contribution in [0.5, 0.6) is 11.5 Å². The number of nitrogens with one attached hydrogen (secondary N) is 1. The topological polar surface area (TPSA) is 70.9 Å². The normalized spacial score (nSPS) is 13.1. The monoisotopic (exact) mass is 241 g/mol. The van der Waals surface area contributed by atoms with Crippen LogP contribution in [0.25, 0.3) is 11.4 Å². The van der Waals surface area contributed by atoms with E-state index in [0.717, 1.165) is 28.6 Å². The molecule has 1 aliphatic rings. The molecule has 2 heterocycles. The van der Waals surface area contributed by atoms with E-state index in [1.165, 1.54) is 0 Å². The van der Waals surface area contributed by atoms with Gasteiger partial charge in [0.25, 0.3) is 0 Å². The van der Waals surface area contributed by atoms with E-state index in [1.807, 2.05) is 18.2 Å². The second-order valence-corrected chi connectivity index (χ2v) is 3.95. The Morgan fingerprint density at radius 2 is 2.11 bits per heavy atom. The summed E-state index contributed by atoms with van der Waals surface area (Å²) in [6.45, 7) is 1.15. The molecule has 1 aliphatic heterocycles. The zero-order valence-corrected chi connectivity index (χ0v) is 9.64. The molecule has 5 heteroatoms. The van der Waals surface area contributed by atoms with Crippen LogP contribution in [0.15, 0.2) is 24.4 Å². The summed E-state index contributed by atoms with van der Waals surface area (Å²) < 4.78 is 11.0. The molecule has 0 fully saturated rings. The molecule has 18 heavy (non-hydrogen) atoms. The minimum Gasteiger partial charge on any atom is -0.486 e. The molecule has 0 spiro atoms. The molecule has 1 N–H and O–H groups in total. The van der Waals surface area contributed by atoms with E-state index in [0.29, 0.717) is 19.6 Å². The molecule has 3 rings (SSSR count). The molecule has 2 aromatic rings. The number of fused-ring (bicyclic) bond motifs is 1. The average Bonchev–Trinajstić information content (AvgIpc) is 2.87. The molecule has 1 aromatic carbocycles. The summed E-state index contributed by atoms with van der Waals surface area (Å²) in [5, 5.41) is 8.62. The number of aromatic nitrogens is 2. The predicted molar refractivity (Wildman–Crippen MR) is 64.3 cm³/mol. The van der Waals surface area contributed by atoms with Crippen molar-refractivity contribution in [2.45, 2.75) is 6.42 Å². The van der Waals surface area contributed by atoms with Gasteiger partial charge in [0.05, 0.1) is 12.5 Å². The van der Waals surface area contributed by atoms with E-state index in [4.69, 9.17) is 14.7 Å². The van der Waals surface area contributed by atoms with Gasteiger partial charge in [0.15, 0.2) is 11.5 Å². The molecule has 0 bridgehead atoms. The van der Waals surface area contributed by atoms with E-state index in [9.17, 15) is 0 Å². The summed E-state index contributed by atoms with van der Waals surface area (Å²) >= 11 is 0. The van der Waals surface area contributed by atoms with Crippen molar-refractivity contribution in [1.29, 1.82) is 5.26 Å². The Morgan fingerprint density at radius 1 is 1.28 bits per heavy atom. The van der Waals surface area contributed by atoms with Gasteiger partial charge in [0, 0.05) is 17.5 Å². The lowest BCUT2D eigenvalue weighted by atomic mass is 10.2. The van der Waals surface area contributed by atoms with Gasteiger partial charge in [-0.15, -0.1) is 0 Å². The molecule has 0 aliphatic carbocycles. The Balaban J connectivity index is 1.93. The first-order valence-corrected chi connectivity index (χ1v) is 5.67. The quantitative estimate of drug-likeness (QED) is 0.871. The fourth-order valence-corrected chi connectivity index (χ4v) is 1.87. The maximum absolute atomic E-state index is 8.62. The van der Waals surface area contributed by atoms with Gasteiger partial charge in [0.1, 0.15) is 19.0 Å². The molecular weight excluding hydrogens is 230 g/mol. The van der Waals surface area contributed by atoms with Crippen LogP contribution in [0.3, 0.4) is 0 Å². The Labute approximate surface area is 104 Å². The van der Waals surface area contributed by atoms with Crippen molar-refractivity contribution in [2.75, 3.05) is 13.2 Å². The Hall–Kier alpha value is -2.48. The summed E-state index contributed by atoms with van der Waals surface area (Å²) in [7, 11) is 0. The molecule has 0 atom stereocenters. The number of rotatable bonds is 2. The van der Waals surface area contributed by atoms with Crippen LogP contribution in [0, 0.1) is 11.3 Å². The zero-order chi connectivity index (χ0) is 12.4. The standard InChI is InChI=1S/C13H11N3O2/c14-4-3-10-8-15-13(16-10)9-1-2-11-12(7-9)18-6-5-17-11/h1-2,7-8H,3,5-6H2,(H,15,16).